The zero-order valence-corrected chi connectivity index (χ0v) is 16.1. The van der Waals surface area contributed by atoms with Crippen molar-refractivity contribution in [2.75, 3.05) is 6.61 Å². The number of phenolic OH excluding ortho intramolecular Hbond substituents is 1. The van der Waals surface area contributed by atoms with Crippen LogP contribution in [0.4, 0.5) is 0 Å². The third kappa shape index (κ3) is 3.37. The lowest BCUT2D eigenvalue weighted by Crippen LogP contribution is -2.57. The Bertz CT molecular complexity index is 792. The number of benzene rings is 1. The topological polar surface area (TPSA) is 122 Å². The summed E-state index contributed by atoms with van der Waals surface area (Å²) in [4.78, 5) is 28.4. The first-order valence-corrected chi connectivity index (χ1v) is 9.61. The number of aromatic hydroxyl groups is 1. The summed E-state index contributed by atoms with van der Waals surface area (Å²) in [6.45, 7) is 3.35. The molecule has 2 aliphatic carbocycles. The number of rotatable bonds is 6. The lowest BCUT2D eigenvalue weighted by molar-refractivity contribution is -0.582. The lowest BCUT2D eigenvalue weighted by Gasteiger charge is -2.35. The number of hydrogen-bond donors (Lipinski definition) is 2. The van der Waals surface area contributed by atoms with Gasteiger partial charge in [-0.3, -0.25) is 15.1 Å². The molecule has 1 aromatic carbocycles. The molecule has 0 saturated heterocycles. The lowest BCUT2D eigenvalue weighted by atomic mass is 9.77. The largest absolute Gasteiger partial charge is 0.508 e. The van der Waals surface area contributed by atoms with Gasteiger partial charge in [0, 0.05) is 30.6 Å². The molecule has 2 aliphatic rings. The van der Waals surface area contributed by atoms with Gasteiger partial charge < -0.3 is 14.9 Å². The van der Waals surface area contributed by atoms with Gasteiger partial charge in [-0.2, -0.15) is 0 Å². The van der Waals surface area contributed by atoms with E-state index in [0.29, 0.717) is 18.6 Å². The van der Waals surface area contributed by atoms with E-state index in [-0.39, 0.29) is 37.5 Å². The van der Waals surface area contributed by atoms with Crippen LogP contribution in [0, 0.1) is 16.0 Å². The van der Waals surface area contributed by atoms with Crippen LogP contribution in [-0.4, -0.2) is 50.6 Å². The minimum absolute atomic E-state index is 0.115. The van der Waals surface area contributed by atoms with E-state index in [4.69, 9.17) is 4.74 Å². The van der Waals surface area contributed by atoms with Gasteiger partial charge in [-0.15, -0.1) is 0 Å². The summed E-state index contributed by atoms with van der Waals surface area (Å²) >= 11 is 0. The van der Waals surface area contributed by atoms with Gasteiger partial charge in [-0.05, 0) is 43.9 Å². The highest BCUT2D eigenvalue weighted by Crippen LogP contribution is 2.51. The van der Waals surface area contributed by atoms with E-state index in [9.17, 15) is 25.1 Å². The Labute approximate surface area is 163 Å². The maximum absolute atomic E-state index is 12.5. The Hall–Kier alpha value is -2.48. The molecule has 0 aliphatic heterocycles. The summed E-state index contributed by atoms with van der Waals surface area (Å²) in [5, 5.41) is 32.5. The van der Waals surface area contributed by atoms with Crippen LogP contribution in [0.2, 0.25) is 0 Å². The second-order valence-electron chi connectivity index (χ2n) is 7.84. The zero-order chi connectivity index (χ0) is 20.5. The zero-order valence-electron chi connectivity index (χ0n) is 16.1. The number of carbonyl (C=O) groups excluding carboxylic acids is 1. The van der Waals surface area contributed by atoms with Crippen molar-refractivity contribution in [1.29, 1.82) is 0 Å². The van der Waals surface area contributed by atoms with E-state index < -0.39 is 28.1 Å². The summed E-state index contributed by atoms with van der Waals surface area (Å²) in [7, 11) is 0. The number of aliphatic hydroxyl groups is 1. The molecule has 0 unspecified atom stereocenters. The van der Waals surface area contributed by atoms with Crippen molar-refractivity contribution in [2.45, 2.75) is 63.1 Å². The molecule has 1 aromatic rings. The maximum atomic E-state index is 12.5. The molecule has 2 bridgehead atoms. The van der Waals surface area contributed by atoms with E-state index in [0.717, 1.165) is 5.56 Å². The van der Waals surface area contributed by atoms with Crippen molar-refractivity contribution in [3.63, 3.8) is 0 Å². The van der Waals surface area contributed by atoms with Crippen LogP contribution in [0.15, 0.2) is 29.3 Å². The highest BCUT2D eigenvalue weighted by molar-refractivity contribution is 6.00. The second kappa shape index (κ2) is 7.50. The van der Waals surface area contributed by atoms with Gasteiger partial charge in [0.1, 0.15) is 5.75 Å². The van der Waals surface area contributed by atoms with Crippen molar-refractivity contribution in [3.8, 4) is 5.75 Å². The molecule has 152 valence electrons. The van der Waals surface area contributed by atoms with Crippen LogP contribution < -0.4 is 0 Å². The smallest absolute Gasteiger partial charge is 0.331 e. The summed E-state index contributed by atoms with van der Waals surface area (Å²) in [5.41, 5.74) is -2.04. The highest BCUT2D eigenvalue weighted by atomic mass is 16.6. The van der Waals surface area contributed by atoms with E-state index in [2.05, 4.69) is 4.99 Å². The molecule has 3 rings (SSSR count). The Morgan fingerprint density at radius 1 is 1.43 bits per heavy atom. The van der Waals surface area contributed by atoms with Gasteiger partial charge in [0.05, 0.1) is 12.3 Å². The van der Waals surface area contributed by atoms with E-state index in [1.165, 1.54) is 19.1 Å². The fourth-order valence-electron chi connectivity index (χ4n) is 4.48. The van der Waals surface area contributed by atoms with Gasteiger partial charge in [-0.25, -0.2) is 4.79 Å². The molecule has 4 atom stereocenters. The number of ether oxygens (including phenoxy) is 1. The van der Waals surface area contributed by atoms with E-state index >= 15 is 0 Å². The number of fused-ring (bicyclic) bond motifs is 2. The third-order valence-electron chi connectivity index (χ3n) is 6.06. The molecule has 0 aromatic heterocycles. The highest BCUT2D eigenvalue weighted by Gasteiger charge is 2.68. The minimum Gasteiger partial charge on any atom is -0.508 e. The van der Waals surface area contributed by atoms with Crippen LogP contribution in [-0.2, 0) is 16.0 Å². The number of phenols is 1. The number of carbonyl (C=O) groups is 1. The Balaban J connectivity index is 1.98. The standard InChI is InChI=1S/C20H26N2O6/c1-3-28-18(24)16(11-13-6-8-15(23)9-7-13)21-17-14-5-4-10-20(17,25)19(2,12-14)22(26)27/h6-9,14,16,23,25H,3-5,10-12H2,1-2H3/t14-,16-,19-,20-/m1/s1. The Kier molecular flexibility index (Phi) is 5.43. The predicted molar refractivity (Wildman–Crippen MR) is 102 cm³/mol. The number of hydrogen-bond acceptors (Lipinski definition) is 7. The van der Waals surface area contributed by atoms with Crippen molar-refractivity contribution in [3.05, 3.63) is 39.9 Å². The van der Waals surface area contributed by atoms with Gasteiger partial charge in [0.2, 0.25) is 0 Å². The van der Waals surface area contributed by atoms with Gasteiger partial charge in [0.25, 0.3) is 5.54 Å². The van der Waals surface area contributed by atoms with E-state index in [1.807, 2.05) is 0 Å². The summed E-state index contributed by atoms with van der Waals surface area (Å²) in [6.07, 6.45) is 2.09. The van der Waals surface area contributed by atoms with Crippen molar-refractivity contribution in [1.82, 2.24) is 0 Å². The molecule has 0 amide bonds. The minimum atomic E-state index is -1.65. The number of aliphatic imine (C=N–C) groups is 1. The molecule has 8 nitrogen and oxygen atoms in total. The molecule has 2 saturated carbocycles. The van der Waals surface area contributed by atoms with Crippen LogP contribution >= 0.6 is 0 Å². The first-order chi connectivity index (χ1) is 13.2. The maximum Gasteiger partial charge on any atom is 0.331 e. The van der Waals surface area contributed by atoms with Crippen LogP contribution in [0.25, 0.3) is 0 Å². The molecular formula is C20H26N2O6. The second-order valence-corrected chi connectivity index (χ2v) is 7.84. The van der Waals surface area contributed by atoms with Gasteiger partial charge in [-0.1, -0.05) is 12.1 Å². The van der Waals surface area contributed by atoms with Crippen molar-refractivity contribution < 1.29 is 24.7 Å². The number of nitro groups is 1. The Morgan fingerprint density at radius 2 is 2.11 bits per heavy atom. The van der Waals surface area contributed by atoms with Crippen LogP contribution in [0.3, 0.4) is 0 Å². The van der Waals surface area contributed by atoms with Crippen molar-refractivity contribution >= 4 is 11.7 Å². The monoisotopic (exact) mass is 390 g/mol. The van der Waals surface area contributed by atoms with Gasteiger partial charge >= 0.3 is 5.97 Å². The molecule has 28 heavy (non-hydrogen) atoms. The molecule has 8 heteroatoms. The normalized spacial score (nSPS) is 31.5. The van der Waals surface area contributed by atoms with E-state index in [1.54, 1.807) is 19.1 Å². The summed E-state index contributed by atoms with van der Waals surface area (Å²) in [6, 6.07) is 5.51. The predicted octanol–water partition coefficient (Wildman–Crippen LogP) is 2.28. The molecule has 0 heterocycles. The third-order valence-corrected chi connectivity index (χ3v) is 6.06. The number of esters is 1. The van der Waals surface area contributed by atoms with Crippen LogP contribution in [0.5, 0.6) is 5.75 Å². The average molecular weight is 390 g/mol. The molecule has 2 N–H and O–H groups in total. The van der Waals surface area contributed by atoms with Gasteiger partial charge in [0.15, 0.2) is 11.6 Å². The average Bonchev–Trinajstić information content (AvgIpc) is 2.76. The fraction of sp³-hybridized carbons (Fsp3) is 0.600. The van der Waals surface area contributed by atoms with Crippen LogP contribution in [0.1, 0.15) is 45.1 Å². The molecular weight excluding hydrogens is 364 g/mol. The van der Waals surface area contributed by atoms with Crippen molar-refractivity contribution in [2.24, 2.45) is 10.9 Å². The first-order valence-electron chi connectivity index (χ1n) is 9.61. The number of nitrogens with zero attached hydrogens (tertiary/aromatic N) is 2. The summed E-state index contributed by atoms with van der Waals surface area (Å²) in [5.74, 6) is -0.630. The Morgan fingerprint density at radius 3 is 2.71 bits per heavy atom. The summed E-state index contributed by atoms with van der Waals surface area (Å²) < 4.78 is 5.15. The quantitative estimate of drug-likeness (QED) is 0.436. The fourth-order valence-corrected chi connectivity index (χ4v) is 4.48. The SMILES string of the molecule is CCOC(=O)[C@@H](Cc1ccc(O)cc1)N=C1[C@@H]2CCC[C@]1(O)[C@](C)([N+](=O)[O-])C2. The molecule has 0 spiro atoms. The molecule has 2 fully saturated rings. The first kappa shape index (κ1) is 20.3. The molecule has 0 radical (unpaired) electrons.